The van der Waals surface area contributed by atoms with Gasteiger partial charge in [-0.3, -0.25) is 0 Å². The van der Waals surface area contributed by atoms with Crippen LogP contribution in [-0.2, 0) is 0 Å². The van der Waals surface area contributed by atoms with Crippen LogP contribution in [0.2, 0.25) is 0 Å². The van der Waals surface area contributed by atoms with Crippen LogP contribution in [0.1, 0.15) is 18.4 Å². The second kappa shape index (κ2) is 5.68. The Balaban J connectivity index is 1.86. The van der Waals surface area contributed by atoms with E-state index < -0.39 is 0 Å². The summed E-state index contributed by atoms with van der Waals surface area (Å²) in [6.45, 7) is 3.95. The molecule has 0 unspecified atom stereocenters. The van der Waals surface area contributed by atoms with Gasteiger partial charge in [0, 0.05) is 11.7 Å². The zero-order valence-corrected chi connectivity index (χ0v) is 10.1. The van der Waals surface area contributed by atoms with Crippen molar-refractivity contribution in [2.24, 2.45) is 0 Å². The van der Waals surface area contributed by atoms with Crippen LogP contribution < -0.4 is 16.0 Å². The van der Waals surface area contributed by atoms with Gasteiger partial charge in [-0.05, 0) is 44.5 Å². The zero-order chi connectivity index (χ0) is 12.1. The van der Waals surface area contributed by atoms with Gasteiger partial charge in [0.1, 0.15) is 0 Å². The first-order chi connectivity index (χ1) is 8.25. The van der Waals surface area contributed by atoms with Gasteiger partial charge in [-0.15, -0.1) is 0 Å². The van der Waals surface area contributed by atoms with Crippen molar-refractivity contribution in [3.05, 3.63) is 29.8 Å². The Kier molecular flexibility index (Phi) is 3.98. The third kappa shape index (κ3) is 3.46. The molecule has 3 N–H and O–H groups in total. The van der Waals surface area contributed by atoms with Crippen molar-refractivity contribution in [3.63, 3.8) is 0 Å². The van der Waals surface area contributed by atoms with E-state index in [1.165, 1.54) is 0 Å². The van der Waals surface area contributed by atoms with Gasteiger partial charge in [0.2, 0.25) is 0 Å². The van der Waals surface area contributed by atoms with Crippen molar-refractivity contribution in [3.8, 4) is 0 Å². The minimum atomic E-state index is -0.105. The lowest BCUT2D eigenvalue weighted by Gasteiger charge is -2.23. The zero-order valence-electron chi connectivity index (χ0n) is 10.1. The molecule has 0 atom stereocenters. The second-order valence-electron chi connectivity index (χ2n) is 4.44. The molecule has 1 aliphatic heterocycles. The summed E-state index contributed by atoms with van der Waals surface area (Å²) in [7, 11) is 0. The van der Waals surface area contributed by atoms with E-state index in [2.05, 4.69) is 16.0 Å². The third-order valence-electron chi connectivity index (χ3n) is 3.07. The van der Waals surface area contributed by atoms with E-state index in [1.54, 1.807) is 0 Å². The standard InChI is InChI=1S/C13H19N3O/c1-10-4-2-3-5-12(10)16-13(17)15-11-6-8-14-9-7-11/h2-5,11,14H,6-9H2,1H3,(H2,15,16,17). The number of rotatable bonds is 2. The Morgan fingerprint density at radius 2 is 2.00 bits per heavy atom. The minimum Gasteiger partial charge on any atom is -0.335 e. The predicted molar refractivity (Wildman–Crippen MR) is 69.2 cm³/mol. The molecular weight excluding hydrogens is 214 g/mol. The van der Waals surface area contributed by atoms with Crippen molar-refractivity contribution in [1.82, 2.24) is 10.6 Å². The molecule has 1 aromatic carbocycles. The van der Waals surface area contributed by atoms with Gasteiger partial charge in [-0.1, -0.05) is 18.2 Å². The van der Waals surface area contributed by atoms with Crippen molar-refractivity contribution < 1.29 is 4.79 Å². The third-order valence-corrected chi connectivity index (χ3v) is 3.07. The Labute approximate surface area is 102 Å². The summed E-state index contributed by atoms with van der Waals surface area (Å²) in [5.41, 5.74) is 1.95. The molecule has 4 heteroatoms. The van der Waals surface area contributed by atoms with Gasteiger partial charge in [-0.2, -0.15) is 0 Å². The van der Waals surface area contributed by atoms with Gasteiger partial charge >= 0.3 is 6.03 Å². The molecule has 92 valence electrons. The van der Waals surface area contributed by atoms with E-state index in [4.69, 9.17) is 0 Å². The highest BCUT2D eigenvalue weighted by molar-refractivity contribution is 5.90. The predicted octanol–water partition coefficient (Wildman–Crippen LogP) is 1.87. The number of carbonyl (C=O) groups excluding carboxylic acids is 1. The van der Waals surface area contributed by atoms with Gasteiger partial charge < -0.3 is 16.0 Å². The SMILES string of the molecule is Cc1ccccc1NC(=O)NC1CCNCC1. The number of para-hydroxylation sites is 1. The van der Waals surface area contributed by atoms with Gasteiger partial charge in [-0.25, -0.2) is 4.79 Å². The lowest BCUT2D eigenvalue weighted by molar-refractivity contribution is 0.245. The van der Waals surface area contributed by atoms with E-state index in [1.807, 2.05) is 31.2 Å². The van der Waals surface area contributed by atoms with E-state index in [0.29, 0.717) is 6.04 Å². The molecule has 0 aromatic heterocycles. The number of hydrogen-bond acceptors (Lipinski definition) is 2. The van der Waals surface area contributed by atoms with E-state index in [0.717, 1.165) is 37.2 Å². The quantitative estimate of drug-likeness (QED) is 0.730. The maximum absolute atomic E-state index is 11.8. The number of benzene rings is 1. The number of amides is 2. The summed E-state index contributed by atoms with van der Waals surface area (Å²) in [4.78, 5) is 11.8. The molecular formula is C13H19N3O. The van der Waals surface area contributed by atoms with Crippen LogP contribution in [0.15, 0.2) is 24.3 Å². The first kappa shape index (κ1) is 11.9. The highest BCUT2D eigenvalue weighted by Crippen LogP contribution is 2.13. The highest BCUT2D eigenvalue weighted by atomic mass is 16.2. The van der Waals surface area contributed by atoms with Crippen LogP contribution >= 0.6 is 0 Å². The molecule has 4 nitrogen and oxygen atoms in total. The Bertz CT molecular complexity index is 386. The number of hydrogen-bond donors (Lipinski definition) is 3. The van der Waals surface area contributed by atoms with E-state index >= 15 is 0 Å². The Hall–Kier alpha value is -1.55. The number of nitrogens with one attached hydrogen (secondary N) is 3. The Morgan fingerprint density at radius 1 is 1.29 bits per heavy atom. The Morgan fingerprint density at radius 3 is 2.71 bits per heavy atom. The van der Waals surface area contributed by atoms with Crippen LogP contribution in [-0.4, -0.2) is 25.2 Å². The lowest BCUT2D eigenvalue weighted by Crippen LogP contribution is -2.44. The number of anilines is 1. The monoisotopic (exact) mass is 233 g/mol. The van der Waals surface area contributed by atoms with Crippen molar-refractivity contribution in [2.75, 3.05) is 18.4 Å². The first-order valence-electron chi connectivity index (χ1n) is 6.09. The van der Waals surface area contributed by atoms with Crippen molar-refractivity contribution >= 4 is 11.7 Å². The van der Waals surface area contributed by atoms with Gasteiger partial charge in [0.05, 0.1) is 0 Å². The first-order valence-corrected chi connectivity index (χ1v) is 6.09. The van der Waals surface area contributed by atoms with Crippen molar-refractivity contribution in [2.45, 2.75) is 25.8 Å². The molecule has 0 radical (unpaired) electrons. The summed E-state index contributed by atoms with van der Waals surface area (Å²) < 4.78 is 0. The van der Waals surface area contributed by atoms with Gasteiger partial charge in [0.15, 0.2) is 0 Å². The maximum Gasteiger partial charge on any atom is 0.319 e. The summed E-state index contributed by atoms with van der Waals surface area (Å²) in [6, 6.07) is 7.97. The van der Waals surface area contributed by atoms with Gasteiger partial charge in [0.25, 0.3) is 0 Å². The van der Waals surface area contributed by atoms with E-state index in [9.17, 15) is 4.79 Å². The second-order valence-corrected chi connectivity index (χ2v) is 4.44. The summed E-state index contributed by atoms with van der Waals surface area (Å²) in [6.07, 6.45) is 2.00. The fourth-order valence-corrected chi connectivity index (χ4v) is 2.02. The molecule has 17 heavy (non-hydrogen) atoms. The number of aryl methyl sites for hydroxylation is 1. The molecule has 0 aliphatic carbocycles. The molecule has 2 rings (SSSR count). The molecule has 0 spiro atoms. The lowest BCUT2D eigenvalue weighted by atomic mass is 10.1. The molecule has 0 bridgehead atoms. The van der Waals surface area contributed by atoms with Crippen LogP contribution in [0.3, 0.4) is 0 Å². The molecule has 1 saturated heterocycles. The molecule has 0 saturated carbocycles. The average Bonchev–Trinajstić information content (AvgIpc) is 2.33. The topological polar surface area (TPSA) is 53.2 Å². The largest absolute Gasteiger partial charge is 0.335 e. The molecule has 1 heterocycles. The minimum absolute atomic E-state index is 0.105. The summed E-state index contributed by atoms with van der Waals surface area (Å²) in [5.74, 6) is 0. The summed E-state index contributed by atoms with van der Waals surface area (Å²) in [5, 5.41) is 9.17. The average molecular weight is 233 g/mol. The fourth-order valence-electron chi connectivity index (χ4n) is 2.02. The van der Waals surface area contributed by atoms with Crippen LogP contribution in [0, 0.1) is 6.92 Å². The molecule has 1 fully saturated rings. The van der Waals surface area contributed by atoms with E-state index in [-0.39, 0.29) is 6.03 Å². The number of urea groups is 1. The molecule has 2 amide bonds. The van der Waals surface area contributed by atoms with Crippen LogP contribution in [0.5, 0.6) is 0 Å². The van der Waals surface area contributed by atoms with Crippen LogP contribution in [0.4, 0.5) is 10.5 Å². The molecule has 1 aromatic rings. The normalized spacial score (nSPS) is 16.5. The number of carbonyl (C=O) groups is 1. The fraction of sp³-hybridized carbons (Fsp3) is 0.462. The summed E-state index contributed by atoms with van der Waals surface area (Å²) >= 11 is 0. The smallest absolute Gasteiger partial charge is 0.319 e. The van der Waals surface area contributed by atoms with Crippen LogP contribution in [0.25, 0.3) is 0 Å². The number of piperidine rings is 1. The van der Waals surface area contributed by atoms with Crippen molar-refractivity contribution in [1.29, 1.82) is 0 Å². The maximum atomic E-state index is 11.8. The highest BCUT2D eigenvalue weighted by Gasteiger charge is 2.15. The molecule has 1 aliphatic rings.